The van der Waals surface area contributed by atoms with E-state index in [1.807, 2.05) is 49.0 Å². The zero-order valence-corrected chi connectivity index (χ0v) is 11.9. The minimum absolute atomic E-state index is 0.273. The second-order valence-corrected chi connectivity index (χ2v) is 4.75. The second kappa shape index (κ2) is 6.11. The molecule has 5 heteroatoms. The van der Waals surface area contributed by atoms with Gasteiger partial charge in [-0.05, 0) is 26.0 Å². The van der Waals surface area contributed by atoms with E-state index in [1.54, 1.807) is 13.3 Å². The predicted molar refractivity (Wildman–Crippen MR) is 77.6 cm³/mol. The maximum atomic E-state index is 9.36. The highest BCUT2D eigenvalue weighted by molar-refractivity contribution is 5.58. The summed E-state index contributed by atoms with van der Waals surface area (Å²) < 4.78 is 7.11. The van der Waals surface area contributed by atoms with E-state index in [2.05, 4.69) is 16.5 Å². The summed E-state index contributed by atoms with van der Waals surface area (Å²) in [5.41, 5.74) is 1.63. The topological polar surface area (TPSA) is 62.9 Å². The van der Waals surface area contributed by atoms with Crippen LogP contribution >= 0.6 is 0 Å². The highest BCUT2D eigenvalue weighted by Gasteiger charge is 2.15. The quantitative estimate of drug-likeness (QED) is 0.906. The van der Waals surface area contributed by atoms with Gasteiger partial charge >= 0.3 is 0 Å². The lowest BCUT2D eigenvalue weighted by molar-refractivity contribution is 0.416. The standard InChI is InChI=1S/C15H18N4O/c1-11(2)19-10-12(9-17-19)14(8-16)18-13-6-4-5-7-15(13)20-3/h4-7,9-11,14,18H,1-3H3. The molecule has 1 atom stereocenters. The predicted octanol–water partition coefficient (Wildman–Crippen LogP) is 3.15. The van der Waals surface area contributed by atoms with E-state index in [0.29, 0.717) is 5.75 Å². The third kappa shape index (κ3) is 2.91. The summed E-state index contributed by atoms with van der Waals surface area (Å²) >= 11 is 0. The van der Waals surface area contributed by atoms with Gasteiger partial charge in [-0.2, -0.15) is 10.4 Å². The van der Waals surface area contributed by atoms with E-state index in [1.165, 1.54) is 0 Å². The minimum atomic E-state index is -0.459. The average molecular weight is 270 g/mol. The number of hydrogen-bond donors (Lipinski definition) is 1. The van der Waals surface area contributed by atoms with E-state index in [0.717, 1.165) is 11.3 Å². The van der Waals surface area contributed by atoms with Gasteiger partial charge in [-0.15, -0.1) is 0 Å². The molecule has 5 nitrogen and oxygen atoms in total. The van der Waals surface area contributed by atoms with Crippen LogP contribution in [0.2, 0.25) is 0 Å². The molecule has 1 heterocycles. The Bertz CT molecular complexity index is 612. The molecule has 1 unspecified atom stereocenters. The first-order chi connectivity index (χ1) is 9.65. The molecule has 0 saturated carbocycles. The first kappa shape index (κ1) is 13.9. The Labute approximate surface area is 118 Å². The summed E-state index contributed by atoms with van der Waals surface area (Å²) in [6.45, 7) is 4.09. The lowest BCUT2D eigenvalue weighted by atomic mass is 10.1. The number of rotatable bonds is 5. The van der Waals surface area contributed by atoms with Gasteiger partial charge in [0, 0.05) is 17.8 Å². The molecule has 0 fully saturated rings. The van der Waals surface area contributed by atoms with Gasteiger partial charge in [-0.3, -0.25) is 4.68 Å². The lowest BCUT2D eigenvalue weighted by Crippen LogP contribution is -2.09. The van der Waals surface area contributed by atoms with E-state index in [9.17, 15) is 5.26 Å². The highest BCUT2D eigenvalue weighted by Crippen LogP contribution is 2.27. The molecule has 0 aliphatic rings. The maximum absolute atomic E-state index is 9.36. The van der Waals surface area contributed by atoms with E-state index >= 15 is 0 Å². The number of aromatic nitrogens is 2. The van der Waals surface area contributed by atoms with Crippen LogP contribution < -0.4 is 10.1 Å². The Morgan fingerprint density at radius 2 is 2.10 bits per heavy atom. The van der Waals surface area contributed by atoms with Crippen LogP contribution in [0.4, 0.5) is 5.69 Å². The van der Waals surface area contributed by atoms with Gasteiger partial charge in [0.2, 0.25) is 0 Å². The van der Waals surface area contributed by atoms with Crippen LogP contribution in [0.25, 0.3) is 0 Å². The summed E-state index contributed by atoms with van der Waals surface area (Å²) in [5, 5.41) is 16.8. The van der Waals surface area contributed by atoms with Gasteiger partial charge in [0.1, 0.15) is 11.8 Å². The Balaban J connectivity index is 2.22. The molecule has 0 aliphatic heterocycles. The summed E-state index contributed by atoms with van der Waals surface area (Å²) in [5.74, 6) is 0.712. The largest absolute Gasteiger partial charge is 0.495 e. The van der Waals surface area contributed by atoms with Gasteiger partial charge < -0.3 is 10.1 Å². The molecule has 1 N–H and O–H groups in total. The number of benzene rings is 1. The van der Waals surface area contributed by atoms with Gasteiger partial charge in [0.25, 0.3) is 0 Å². The SMILES string of the molecule is COc1ccccc1NC(C#N)c1cnn(C(C)C)c1. The van der Waals surface area contributed by atoms with Gasteiger partial charge in [-0.1, -0.05) is 12.1 Å². The van der Waals surface area contributed by atoms with Crippen LogP contribution in [0.15, 0.2) is 36.7 Å². The maximum Gasteiger partial charge on any atom is 0.143 e. The van der Waals surface area contributed by atoms with Crippen molar-refractivity contribution in [1.82, 2.24) is 9.78 Å². The summed E-state index contributed by atoms with van der Waals surface area (Å²) in [6.07, 6.45) is 3.61. The van der Waals surface area contributed by atoms with Crippen molar-refractivity contribution in [3.63, 3.8) is 0 Å². The van der Waals surface area contributed by atoms with Crippen molar-refractivity contribution in [1.29, 1.82) is 5.26 Å². The zero-order chi connectivity index (χ0) is 14.5. The van der Waals surface area contributed by atoms with Crippen LogP contribution in [0.1, 0.15) is 31.5 Å². The second-order valence-electron chi connectivity index (χ2n) is 4.75. The Morgan fingerprint density at radius 3 is 2.70 bits per heavy atom. The normalized spacial score (nSPS) is 11.9. The molecular formula is C15H18N4O. The van der Waals surface area contributed by atoms with Gasteiger partial charge in [0.15, 0.2) is 0 Å². The van der Waals surface area contributed by atoms with Crippen LogP contribution in [0.3, 0.4) is 0 Å². The Morgan fingerprint density at radius 1 is 1.35 bits per heavy atom. The molecule has 0 radical (unpaired) electrons. The molecule has 0 bridgehead atoms. The molecule has 1 aromatic carbocycles. The van der Waals surface area contributed by atoms with Crippen molar-refractivity contribution in [3.05, 3.63) is 42.2 Å². The average Bonchev–Trinajstić information content (AvgIpc) is 2.95. The van der Waals surface area contributed by atoms with Crippen molar-refractivity contribution in [3.8, 4) is 11.8 Å². The fourth-order valence-corrected chi connectivity index (χ4v) is 1.89. The molecule has 2 rings (SSSR count). The number of ether oxygens (including phenoxy) is 1. The number of para-hydroxylation sites is 2. The molecule has 1 aromatic heterocycles. The number of methoxy groups -OCH3 is 1. The summed E-state index contributed by atoms with van der Waals surface area (Å²) in [6, 6.07) is 9.59. The Hall–Kier alpha value is -2.48. The first-order valence-corrected chi connectivity index (χ1v) is 6.49. The molecule has 0 spiro atoms. The Kier molecular flexibility index (Phi) is 4.26. The van der Waals surface area contributed by atoms with Crippen molar-refractivity contribution in [2.24, 2.45) is 0 Å². The number of hydrogen-bond acceptors (Lipinski definition) is 4. The van der Waals surface area contributed by atoms with Crippen LogP contribution in [0.5, 0.6) is 5.75 Å². The van der Waals surface area contributed by atoms with Crippen molar-refractivity contribution in [2.75, 3.05) is 12.4 Å². The zero-order valence-electron chi connectivity index (χ0n) is 11.9. The smallest absolute Gasteiger partial charge is 0.143 e. The third-order valence-electron chi connectivity index (χ3n) is 3.02. The lowest BCUT2D eigenvalue weighted by Gasteiger charge is -2.14. The van der Waals surface area contributed by atoms with Gasteiger partial charge in [0.05, 0.1) is 25.1 Å². The number of anilines is 1. The molecular weight excluding hydrogens is 252 g/mol. The highest BCUT2D eigenvalue weighted by atomic mass is 16.5. The monoisotopic (exact) mass is 270 g/mol. The molecule has 104 valence electrons. The molecule has 20 heavy (non-hydrogen) atoms. The van der Waals surface area contributed by atoms with Gasteiger partial charge in [-0.25, -0.2) is 0 Å². The van der Waals surface area contributed by atoms with Crippen LogP contribution in [-0.2, 0) is 0 Å². The van der Waals surface area contributed by atoms with Crippen molar-refractivity contribution >= 4 is 5.69 Å². The fourth-order valence-electron chi connectivity index (χ4n) is 1.89. The fraction of sp³-hybridized carbons (Fsp3) is 0.333. The van der Waals surface area contributed by atoms with E-state index in [-0.39, 0.29) is 6.04 Å². The van der Waals surface area contributed by atoms with Crippen LogP contribution in [0, 0.1) is 11.3 Å². The minimum Gasteiger partial charge on any atom is -0.495 e. The first-order valence-electron chi connectivity index (χ1n) is 6.49. The molecule has 2 aromatic rings. The number of nitriles is 1. The van der Waals surface area contributed by atoms with Crippen molar-refractivity contribution in [2.45, 2.75) is 25.9 Å². The third-order valence-corrected chi connectivity index (χ3v) is 3.02. The molecule has 0 aliphatic carbocycles. The van der Waals surface area contributed by atoms with Crippen molar-refractivity contribution < 1.29 is 4.74 Å². The molecule has 0 saturated heterocycles. The summed E-state index contributed by atoms with van der Waals surface area (Å²) in [4.78, 5) is 0. The molecule has 0 amide bonds. The summed E-state index contributed by atoms with van der Waals surface area (Å²) in [7, 11) is 1.61. The van der Waals surface area contributed by atoms with E-state index in [4.69, 9.17) is 4.74 Å². The van der Waals surface area contributed by atoms with E-state index < -0.39 is 6.04 Å². The number of nitrogens with zero attached hydrogens (tertiary/aromatic N) is 3. The number of nitrogens with one attached hydrogen (secondary N) is 1. The van der Waals surface area contributed by atoms with Crippen LogP contribution in [-0.4, -0.2) is 16.9 Å².